The minimum absolute atomic E-state index is 0.0595. The molecule has 1 aliphatic heterocycles. The number of amides is 3. The second kappa shape index (κ2) is 4.44. The number of carbonyl (C=O) groups excluding carboxylic acids is 2. The van der Waals surface area contributed by atoms with Crippen LogP contribution >= 0.6 is 0 Å². The van der Waals surface area contributed by atoms with Crippen LogP contribution in [0.25, 0.3) is 0 Å². The largest absolute Gasteiger partial charge is 0.331 e. The van der Waals surface area contributed by atoms with E-state index in [2.05, 4.69) is 0 Å². The first-order valence-corrected chi connectivity index (χ1v) is 6.46. The predicted octanol–water partition coefficient (Wildman–Crippen LogP) is 2.40. The average molecular weight is 244 g/mol. The summed E-state index contributed by atoms with van der Waals surface area (Å²) in [7, 11) is 0. The minimum Gasteiger partial charge on any atom is -0.285 e. The molecule has 1 aliphatic carbocycles. The zero-order chi connectivity index (χ0) is 12.5. The van der Waals surface area contributed by atoms with Crippen molar-refractivity contribution in [3.8, 4) is 0 Å². The number of para-hydroxylation sites is 1. The lowest BCUT2D eigenvalue weighted by molar-refractivity contribution is -0.126. The van der Waals surface area contributed by atoms with Crippen LogP contribution in [0.4, 0.5) is 10.5 Å². The molecule has 0 spiro atoms. The number of hydrogen-bond acceptors (Lipinski definition) is 2. The van der Waals surface area contributed by atoms with Crippen molar-refractivity contribution in [1.29, 1.82) is 0 Å². The fourth-order valence-electron chi connectivity index (χ4n) is 2.85. The highest BCUT2D eigenvalue weighted by molar-refractivity contribution is 6.12. The quantitative estimate of drug-likeness (QED) is 0.749. The van der Waals surface area contributed by atoms with Crippen LogP contribution in [0.3, 0.4) is 0 Å². The lowest BCUT2D eigenvalue weighted by Gasteiger charge is -2.22. The molecular formula is C14H16N2O2. The van der Waals surface area contributed by atoms with Gasteiger partial charge in [0.25, 0.3) is 5.91 Å². The van der Waals surface area contributed by atoms with Crippen molar-refractivity contribution in [2.45, 2.75) is 31.7 Å². The van der Waals surface area contributed by atoms with Gasteiger partial charge in [0.1, 0.15) is 6.54 Å². The lowest BCUT2D eigenvalue weighted by Crippen LogP contribution is -2.39. The number of carbonyl (C=O) groups is 2. The number of imide groups is 1. The van der Waals surface area contributed by atoms with Gasteiger partial charge in [-0.3, -0.25) is 14.6 Å². The number of hydrogen-bond donors (Lipinski definition) is 0. The van der Waals surface area contributed by atoms with Crippen molar-refractivity contribution in [2.75, 3.05) is 11.4 Å². The first-order valence-electron chi connectivity index (χ1n) is 6.46. The van der Waals surface area contributed by atoms with Gasteiger partial charge in [0.2, 0.25) is 0 Å². The molecule has 1 saturated heterocycles. The van der Waals surface area contributed by atoms with Crippen LogP contribution in [0.2, 0.25) is 0 Å². The number of urea groups is 1. The molecule has 94 valence electrons. The topological polar surface area (TPSA) is 40.6 Å². The van der Waals surface area contributed by atoms with Gasteiger partial charge in [-0.15, -0.1) is 0 Å². The first-order chi connectivity index (χ1) is 8.77. The van der Waals surface area contributed by atoms with Crippen molar-refractivity contribution in [1.82, 2.24) is 4.90 Å². The highest BCUT2D eigenvalue weighted by atomic mass is 16.2. The first kappa shape index (κ1) is 11.3. The van der Waals surface area contributed by atoms with Crippen LogP contribution in [0, 0.1) is 0 Å². The molecule has 3 rings (SSSR count). The molecule has 3 amide bonds. The Bertz CT molecular complexity index is 466. The van der Waals surface area contributed by atoms with Crippen molar-refractivity contribution < 1.29 is 9.59 Å². The molecule has 4 heteroatoms. The predicted molar refractivity (Wildman–Crippen MR) is 68.3 cm³/mol. The van der Waals surface area contributed by atoms with E-state index in [1.165, 1.54) is 4.90 Å². The van der Waals surface area contributed by atoms with Gasteiger partial charge in [-0.05, 0) is 25.0 Å². The summed E-state index contributed by atoms with van der Waals surface area (Å²) in [5.41, 5.74) is 0.802. The van der Waals surface area contributed by atoms with Crippen LogP contribution in [-0.4, -0.2) is 29.4 Å². The average Bonchev–Trinajstić information content (AvgIpc) is 2.99. The van der Waals surface area contributed by atoms with E-state index in [0.29, 0.717) is 0 Å². The van der Waals surface area contributed by atoms with Crippen LogP contribution in [0.15, 0.2) is 30.3 Å². The third-order valence-electron chi connectivity index (χ3n) is 3.76. The summed E-state index contributed by atoms with van der Waals surface area (Å²) in [4.78, 5) is 27.4. The molecule has 0 aromatic heterocycles. The summed E-state index contributed by atoms with van der Waals surface area (Å²) in [6, 6.07) is 9.36. The number of benzene rings is 1. The molecular weight excluding hydrogens is 228 g/mol. The van der Waals surface area contributed by atoms with Crippen LogP contribution in [0.1, 0.15) is 25.7 Å². The SMILES string of the molecule is O=C1CN(c2ccccc2)C(=O)N1C1CCCC1. The Hall–Kier alpha value is -1.84. The Morgan fingerprint density at radius 3 is 2.33 bits per heavy atom. The number of nitrogens with zero attached hydrogens (tertiary/aromatic N) is 2. The fraction of sp³-hybridized carbons (Fsp3) is 0.429. The Morgan fingerprint density at radius 1 is 1.00 bits per heavy atom. The molecule has 2 aliphatic rings. The van der Waals surface area contributed by atoms with Crippen LogP contribution < -0.4 is 4.90 Å². The summed E-state index contributed by atoms with van der Waals surface area (Å²) >= 11 is 0. The second-order valence-corrected chi connectivity index (χ2v) is 4.91. The van der Waals surface area contributed by atoms with E-state index in [-0.39, 0.29) is 24.5 Å². The molecule has 0 bridgehead atoms. The highest BCUT2D eigenvalue weighted by Gasteiger charge is 2.41. The van der Waals surface area contributed by atoms with Gasteiger partial charge in [-0.25, -0.2) is 4.79 Å². The van der Waals surface area contributed by atoms with Gasteiger partial charge in [-0.2, -0.15) is 0 Å². The van der Waals surface area contributed by atoms with E-state index in [1.807, 2.05) is 30.3 Å². The molecule has 1 aromatic rings. The van der Waals surface area contributed by atoms with E-state index in [9.17, 15) is 9.59 Å². The Labute approximate surface area is 106 Å². The summed E-state index contributed by atoms with van der Waals surface area (Å²) < 4.78 is 0. The van der Waals surface area contributed by atoms with Gasteiger partial charge in [-0.1, -0.05) is 31.0 Å². The molecule has 1 heterocycles. The monoisotopic (exact) mass is 244 g/mol. The maximum Gasteiger partial charge on any atom is 0.331 e. The normalized spacial score (nSPS) is 21.1. The zero-order valence-corrected chi connectivity index (χ0v) is 10.2. The summed E-state index contributed by atoms with van der Waals surface area (Å²) in [5, 5.41) is 0. The van der Waals surface area contributed by atoms with Gasteiger partial charge in [0, 0.05) is 11.7 Å². The number of rotatable bonds is 2. The molecule has 18 heavy (non-hydrogen) atoms. The van der Waals surface area contributed by atoms with Gasteiger partial charge in [0.15, 0.2) is 0 Å². The van der Waals surface area contributed by atoms with Crippen molar-refractivity contribution >= 4 is 17.6 Å². The highest BCUT2D eigenvalue weighted by Crippen LogP contribution is 2.29. The molecule has 0 radical (unpaired) electrons. The number of anilines is 1. The standard InChI is InChI=1S/C14H16N2O2/c17-13-10-15(11-6-2-1-3-7-11)14(18)16(13)12-8-4-5-9-12/h1-3,6-7,12H,4-5,8-10H2. The van der Waals surface area contributed by atoms with E-state index in [0.717, 1.165) is 31.4 Å². The third-order valence-corrected chi connectivity index (χ3v) is 3.76. The van der Waals surface area contributed by atoms with Gasteiger partial charge in [0.05, 0.1) is 0 Å². The van der Waals surface area contributed by atoms with Crippen LogP contribution in [0.5, 0.6) is 0 Å². The zero-order valence-electron chi connectivity index (χ0n) is 10.2. The second-order valence-electron chi connectivity index (χ2n) is 4.91. The minimum atomic E-state index is -0.155. The lowest BCUT2D eigenvalue weighted by atomic mass is 10.2. The van der Waals surface area contributed by atoms with Crippen molar-refractivity contribution in [3.63, 3.8) is 0 Å². The van der Waals surface area contributed by atoms with Crippen LogP contribution in [-0.2, 0) is 4.79 Å². The molecule has 0 N–H and O–H groups in total. The van der Waals surface area contributed by atoms with E-state index >= 15 is 0 Å². The van der Waals surface area contributed by atoms with E-state index in [4.69, 9.17) is 0 Å². The van der Waals surface area contributed by atoms with E-state index in [1.54, 1.807) is 4.90 Å². The smallest absolute Gasteiger partial charge is 0.285 e. The maximum atomic E-state index is 12.3. The Kier molecular flexibility index (Phi) is 2.78. The fourth-order valence-corrected chi connectivity index (χ4v) is 2.85. The molecule has 2 fully saturated rings. The molecule has 1 saturated carbocycles. The Balaban J connectivity index is 1.84. The third kappa shape index (κ3) is 1.78. The Morgan fingerprint density at radius 2 is 1.67 bits per heavy atom. The maximum absolute atomic E-state index is 12.3. The summed E-state index contributed by atoms with van der Waals surface area (Å²) in [6.07, 6.45) is 4.15. The summed E-state index contributed by atoms with van der Waals surface area (Å²) in [6.45, 7) is 0.180. The summed E-state index contributed by atoms with van der Waals surface area (Å²) in [5.74, 6) is -0.0595. The van der Waals surface area contributed by atoms with E-state index < -0.39 is 0 Å². The van der Waals surface area contributed by atoms with Gasteiger partial charge >= 0.3 is 6.03 Å². The molecule has 0 unspecified atom stereocenters. The molecule has 1 aromatic carbocycles. The molecule has 0 atom stereocenters. The van der Waals surface area contributed by atoms with Crippen molar-refractivity contribution in [3.05, 3.63) is 30.3 Å². The molecule has 4 nitrogen and oxygen atoms in total. The van der Waals surface area contributed by atoms with Gasteiger partial charge < -0.3 is 0 Å². The van der Waals surface area contributed by atoms with Crippen molar-refractivity contribution in [2.24, 2.45) is 0 Å².